The topological polar surface area (TPSA) is 185 Å². The minimum Gasteiger partial charge on any atom is -0.480 e. The fourth-order valence-electron chi connectivity index (χ4n) is 3.93. The molecule has 0 aliphatic carbocycles. The van der Waals surface area contributed by atoms with Crippen LogP contribution in [0.5, 0.6) is 0 Å². The quantitative estimate of drug-likeness (QED) is 0.187. The van der Waals surface area contributed by atoms with Crippen molar-refractivity contribution in [3.8, 4) is 0 Å². The lowest BCUT2D eigenvalue weighted by atomic mass is 9.91. The van der Waals surface area contributed by atoms with Gasteiger partial charge in [-0.05, 0) is 23.5 Å². The third kappa shape index (κ3) is 8.46. The number of fused-ring (bicyclic) bond motifs is 1. The summed E-state index contributed by atoms with van der Waals surface area (Å²) < 4.78 is 22.6. The summed E-state index contributed by atoms with van der Waals surface area (Å²) in [6.07, 6.45) is -0.203. The third-order valence-electron chi connectivity index (χ3n) is 5.91. The van der Waals surface area contributed by atoms with Gasteiger partial charge in [-0.2, -0.15) is 12.6 Å². The van der Waals surface area contributed by atoms with Gasteiger partial charge in [-0.25, -0.2) is 18.4 Å². The number of nitrogens with one attached hydrogen (secondary N) is 2. The zero-order valence-electron chi connectivity index (χ0n) is 19.9. The number of rotatable bonds is 12. The molecule has 1 aliphatic heterocycles. The van der Waals surface area contributed by atoms with Crippen LogP contribution < -0.4 is 21.5 Å². The van der Waals surface area contributed by atoms with E-state index in [1.54, 1.807) is 0 Å². The van der Waals surface area contributed by atoms with Crippen LogP contribution in [-0.4, -0.2) is 78.4 Å². The number of carbonyl (C=O) groups excluding carboxylic acids is 2. The first-order valence-corrected chi connectivity index (χ1v) is 13.7. The number of nitrogens with two attached hydrogens (primary N) is 2. The summed E-state index contributed by atoms with van der Waals surface area (Å²) in [4.78, 5) is 40.0. The Hall–Kier alpha value is -2.19. The number of benzene rings is 1. The second kappa shape index (κ2) is 12.7. The van der Waals surface area contributed by atoms with Gasteiger partial charge in [0.25, 0.3) is 0 Å². The van der Waals surface area contributed by atoms with Gasteiger partial charge in [0.2, 0.25) is 21.8 Å². The van der Waals surface area contributed by atoms with Gasteiger partial charge in [0.1, 0.15) is 12.1 Å². The van der Waals surface area contributed by atoms with Crippen LogP contribution in [0, 0.1) is 5.92 Å². The van der Waals surface area contributed by atoms with Crippen molar-refractivity contribution >= 4 is 40.4 Å². The van der Waals surface area contributed by atoms with E-state index in [2.05, 4.69) is 23.3 Å². The number of sulfonamides is 1. The summed E-state index contributed by atoms with van der Waals surface area (Å²) in [6, 6.07) is 4.08. The van der Waals surface area contributed by atoms with Crippen molar-refractivity contribution < 1.29 is 27.9 Å². The van der Waals surface area contributed by atoms with Crippen LogP contribution >= 0.6 is 12.6 Å². The lowest BCUT2D eigenvalue weighted by Gasteiger charge is -2.39. The Morgan fingerprint density at radius 2 is 1.86 bits per heavy atom. The van der Waals surface area contributed by atoms with Crippen molar-refractivity contribution in [2.45, 2.75) is 57.4 Å². The summed E-state index contributed by atoms with van der Waals surface area (Å²) in [5.41, 5.74) is 7.71. The molecule has 7 N–H and O–H groups in total. The van der Waals surface area contributed by atoms with Gasteiger partial charge in [0, 0.05) is 31.3 Å². The molecule has 0 radical (unpaired) electrons. The first kappa shape index (κ1) is 29.0. The number of amides is 2. The molecule has 0 spiro atoms. The Kier molecular flexibility index (Phi) is 10.5. The summed E-state index contributed by atoms with van der Waals surface area (Å²) in [6.45, 7) is 4.28. The smallest absolute Gasteiger partial charge is 0.326 e. The average Bonchev–Trinajstić information content (AvgIpc) is 2.79. The number of thiol groups is 1. The maximum atomic E-state index is 13.7. The molecule has 2 rings (SSSR count). The number of hydrogen-bond acceptors (Lipinski definition) is 8. The van der Waals surface area contributed by atoms with Crippen molar-refractivity contribution in [3.63, 3.8) is 0 Å². The van der Waals surface area contributed by atoms with E-state index in [4.69, 9.17) is 10.9 Å². The molecule has 1 aromatic carbocycles. The predicted octanol–water partition coefficient (Wildman–Crippen LogP) is -0.941. The molecule has 11 nitrogen and oxygen atoms in total. The largest absolute Gasteiger partial charge is 0.480 e. The van der Waals surface area contributed by atoms with Crippen molar-refractivity contribution in [1.82, 2.24) is 15.5 Å². The Morgan fingerprint density at radius 3 is 2.40 bits per heavy atom. The number of aliphatic carboxylic acids is 1. The van der Waals surface area contributed by atoms with Crippen molar-refractivity contribution in [1.29, 1.82) is 0 Å². The van der Waals surface area contributed by atoms with Crippen LogP contribution in [0.15, 0.2) is 24.3 Å². The molecule has 0 fully saturated rings. The molecule has 35 heavy (non-hydrogen) atoms. The molecule has 1 aliphatic rings. The van der Waals surface area contributed by atoms with E-state index in [1.165, 1.54) is 4.90 Å². The molecule has 4 atom stereocenters. The monoisotopic (exact) mass is 529 g/mol. The van der Waals surface area contributed by atoms with Gasteiger partial charge in [0.05, 0.1) is 11.8 Å². The number of carboxylic acid groups (broad SMARTS) is 1. The van der Waals surface area contributed by atoms with Gasteiger partial charge in [-0.15, -0.1) is 0 Å². The summed E-state index contributed by atoms with van der Waals surface area (Å²) in [5, 5.41) is 20.1. The zero-order valence-corrected chi connectivity index (χ0v) is 21.6. The van der Waals surface area contributed by atoms with Crippen LogP contribution in [0.25, 0.3) is 0 Å². The Labute approximate surface area is 211 Å². The van der Waals surface area contributed by atoms with Crippen molar-refractivity contribution in [3.05, 3.63) is 35.4 Å². The molecule has 0 saturated heterocycles. The molecule has 1 aromatic rings. The van der Waals surface area contributed by atoms with Gasteiger partial charge in [-0.1, -0.05) is 38.1 Å². The van der Waals surface area contributed by atoms with Crippen LogP contribution in [0.2, 0.25) is 0 Å². The molecule has 2 amide bonds. The number of carbonyl (C=O) groups is 3. The molecule has 0 aromatic heterocycles. The maximum absolute atomic E-state index is 13.7. The summed E-state index contributed by atoms with van der Waals surface area (Å²) in [5.74, 6) is -2.66. The summed E-state index contributed by atoms with van der Waals surface area (Å²) in [7, 11) is -3.92. The number of carboxylic acids is 1. The molecule has 1 heterocycles. The first-order valence-electron chi connectivity index (χ1n) is 11.3. The van der Waals surface area contributed by atoms with E-state index < -0.39 is 52.2 Å². The van der Waals surface area contributed by atoms with E-state index in [1.807, 2.05) is 38.1 Å². The van der Waals surface area contributed by atoms with Crippen LogP contribution in [0.4, 0.5) is 0 Å². The zero-order chi connectivity index (χ0) is 26.3. The predicted molar refractivity (Wildman–Crippen MR) is 135 cm³/mol. The highest BCUT2D eigenvalue weighted by molar-refractivity contribution is 7.89. The molecule has 0 saturated carbocycles. The Morgan fingerprint density at radius 1 is 1.23 bits per heavy atom. The Balaban J connectivity index is 2.31. The standard InChI is InChI=1S/C22H35N5O6S2/c1-13(2)19(25-10-16(23)12-34)21(29)27-11-15-6-4-3-5-14(15)9-18(27)20(28)26-17(22(30)31)7-8-35(24,32)33/h3-6,13,16-19,25,34H,7-12,23H2,1-2H3,(H,26,28)(H,30,31)(H2,24,32,33)/t16-,17-,18+,19+/m1/s1. The molecule has 0 bridgehead atoms. The van der Waals surface area contributed by atoms with E-state index in [0.29, 0.717) is 12.3 Å². The number of hydrogen-bond donors (Lipinski definition) is 6. The average molecular weight is 530 g/mol. The highest BCUT2D eigenvalue weighted by Gasteiger charge is 2.39. The van der Waals surface area contributed by atoms with Crippen LogP contribution in [0.3, 0.4) is 0 Å². The lowest BCUT2D eigenvalue weighted by molar-refractivity contribution is -0.146. The molecular formula is C22H35N5O6S2. The second-order valence-corrected chi connectivity index (χ2v) is 11.2. The molecule has 13 heteroatoms. The van der Waals surface area contributed by atoms with E-state index >= 15 is 0 Å². The molecule has 196 valence electrons. The van der Waals surface area contributed by atoms with E-state index in [0.717, 1.165) is 11.1 Å². The summed E-state index contributed by atoms with van der Waals surface area (Å²) >= 11 is 4.17. The third-order valence-corrected chi connectivity index (χ3v) is 7.18. The van der Waals surface area contributed by atoms with E-state index in [-0.39, 0.29) is 30.8 Å². The van der Waals surface area contributed by atoms with Crippen molar-refractivity contribution in [2.24, 2.45) is 16.8 Å². The second-order valence-electron chi connectivity index (χ2n) is 9.08. The number of nitrogens with zero attached hydrogens (tertiary/aromatic N) is 1. The first-order chi connectivity index (χ1) is 16.3. The van der Waals surface area contributed by atoms with Gasteiger partial charge in [0.15, 0.2) is 0 Å². The van der Waals surface area contributed by atoms with Gasteiger partial charge in [-0.3, -0.25) is 9.59 Å². The maximum Gasteiger partial charge on any atom is 0.326 e. The highest BCUT2D eigenvalue weighted by atomic mass is 32.2. The molecule has 0 unspecified atom stereocenters. The lowest BCUT2D eigenvalue weighted by Crippen LogP contribution is -2.60. The highest BCUT2D eigenvalue weighted by Crippen LogP contribution is 2.25. The van der Waals surface area contributed by atoms with Crippen molar-refractivity contribution in [2.75, 3.05) is 18.1 Å². The van der Waals surface area contributed by atoms with Crippen LogP contribution in [-0.2, 0) is 37.4 Å². The minimum atomic E-state index is -3.92. The van der Waals surface area contributed by atoms with Crippen LogP contribution in [0.1, 0.15) is 31.4 Å². The minimum absolute atomic E-state index is 0.114. The van der Waals surface area contributed by atoms with Gasteiger partial charge >= 0.3 is 5.97 Å². The SMILES string of the molecule is CC(C)[C@H](NC[C@@H](N)CS)C(=O)N1Cc2ccccc2C[C@H]1C(=O)N[C@H](CCS(N)(=O)=O)C(=O)O. The van der Waals surface area contributed by atoms with Gasteiger partial charge < -0.3 is 26.4 Å². The number of primary sulfonamides is 1. The normalized spacial score (nSPS) is 18.5. The molecular weight excluding hydrogens is 494 g/mol. The van der Waals surface area contributed by atoms with E-state index in [9.17, 15) is 27.9 Å². The Bertz CT molecular complexity index is 1020. The fraction of sp³-hybridized carbons (Fsp3) is 0.591. The fourth-order valence-corrected chi connectivity index (χ4v) is 4.62.